The van der Waals surface area contributed by atoms with Crippen molar-refractivity contribution in [1.82, 2.24) is 5.48 Å². The summed E-state index contributed by atoms with van der Waals surface area (Å²) in [5.41, 5.74) is 2.09. The van der Waals surface area contributed by atoms with Crippen LogP contribution in [0.1, 0.15) is 4.88 Å². The van der Waals surface area contributed by atoms with E-state index < -0.39 is 0 Å². The van der Waals surface area contributed by atoms with Gasteiger partial charge in [0, 0.05) is 9.35 Å². The van der Waals surface area contributed by atoms with Gasteiger partial charge in [0.05, 0.1) is 6.54 Å². The molecule has 0 amide bonds. The highest BCUT2D eigenvalue weighted by Gasteiger charge is 1.97. The van der Waals surface area contributed by atoms with Crippen molar-refractivity contribution in [2.24, 2.45) is 0 Å². The molecule has 0 aliphatic carbocycles. The first-order valence-corrected chi connectivity index (χ1v) is 4.10. The number of rotatable bonds is 2. The Morgan fingerprint density at radius 1 is 1.78 bits per heavy atom. The summed E-state index contributed by atoms with van der Waals surface area (Å²) < 4.78 is 1.05. The molecule has 0 atom stereocenters. The summed E-state index contributed by atoms with van der Waals surface area (Å²) in [6, 6.07) is 1.96. The summed E-state index contributed by atoms with van der Waals surface area (Å²) in [6.45, 7) is 0.512. The second kappa shape index (κ2) is 3.31. The van der Waals surface area contributed by atoms with Gasteiger partial charge in [-0.25, -0.2) is 5.48 Å². The summed E-state index contributed by atoms with van der Waals surface area (Å²) in [5.74, 6) is 0. The van der Waals surface area contributed by atoms with E-state index in [0.29, 0.717) is 6.54 Å². The van der Waals surface area contributed by atoms with Gasteiger partial charge in [-0.05, 0) is 27.4 Å². The third-order valence-corrected chi connectivity index (χ3v) is 2.86. The average molecular weight is 208 g/mol. The van der Waals surface area contributed by atoms with Crippen LogP contribution in [0.2, 0.25) is 0 Å². The summed E-state index contributed by atoms with van der Waals surface area (Å²) >= 11 is 4.93. The number of hydrogen-bond donors (Lipinski definition) is 2. The number of halogens is 1. The number of hydrogen-bond acceptors (Lipinski definition) is 3. The molecule has 9 heavy (non-hydrogen) atoms. The molecule has 1 heterocycles. The highest BCUT2D eigenvalue weighted by Crippen LogP contribution is 2.21. The standard InChI is InChI=1S/C5H6BrNOS/c6-4-1-2-9-5(4)3-7-8/h1-2,7-8H,3H2. The van der Waals surface area contributed by atoms with Crippen molar-refractivity contribution in [3.05, 3.63) is 20.8 Å². The van der Waals surface area contributed by atoms with E-state index in [9.17, 15) is 0 Å². The van der Waals surface area contributed by atoms with Crippen LogP contribution >= 0.6 is 27.3 Å². The molecule has 1 rings (SSSR count). The largest absolute Gasteiger partial charge is 0.316 e. The van der Waals surface area contributed by atoms with E-state index in [1.54, 1.807) is 11.3 Å². The summed E-state index contributed by atoms with van der Waals surface area (Å²) in [5, 5.41) is 10.3. The van der Waals surface area contributed by atoms with E-state index >= 15 is 0 Å². The van der Waals surface area contributed by atoms with E-state index in [-0.39, 0.29) is 0 Å². The van der Waals surface area contributed by atoms with Gasteiger partial charge in [0.2, 0.25) is 0 Å². The Morgan fingerprint density at radius 3 is 3.00 bits per heavy atom. The van der Waals surface area contributed by atoms with Gasteiger partial charge < -0.3 is 5.21 Å². The molecule has 50 valence electrons. The summed E-state index contributed by atoms with van der Waals surface area (Å²) in [6.07, 6.45) is 0. The fourth-order valence-electron chi connectivity index (χ4n) is 0.523. The number of nitrogens with one attached hydrogen (secondary N) is 1. The van der Waals surface area contributed by atoms with E-state index in [1.807, 2.05) is 11.4 Å². The second-order valence-corrected chi connectivity index (χ2v) is 3.38. The van der Waals surface area contributed by atoms with Gasteiger partial charge in [0.25, 0.3) is 0 Å². The van der Waals surface area contributed by atoms with Crippen molar-refractivity contribution in [2.45, 2.75) is 6.54 Å². The maximum atomic E-state index is 8.30. The molecule has 0 radical (unpaired) electrons. The predicted octanol–water partition coefficient (Wildman–Crippen LogP) is 1.99. The second-order valence-electron chi connectivity index (χ2n) is 1.53. The van der Waals surface area contributed by atoms with Crippen molar-refractivity contribution in [1.29, 1.82) is 0 Å². The molecular formula is C5H6BrNOS. The van der Waals surface area contributed by atoms with Gasteiger partial charge >= 0.3 is 0 Å². The van der Waals surface area contributed by atoms with Crippen LogP contribution in [0.15, 0.2) is 15.9 Å². The Balaban J connectivity index is 2.69. The van der Waals surface area contributed by atoms with Crippen LogP contribution in [0, 0.1) is 0 Å². The first kappa shape index (κ1) is 7.21. The Bertz CT molecular complexity index is 189. The molecule has 2 N–H and O–H groups in total. The molecule has 0 saturated carbocycles. The number of hydroxylamine groups is 1. The molecule has 0 spiro atoms. The SMILES string of the molecule is ONCc1sccc1Br. The molecule has 0 aliphatic heterocycles. The highest BCUT2D eigenvalue weighted by molar-refractivity contribution is 9.10. The van der Waals surface area contributed by atoms with Crippen molar-refractivity contribution in [3.8, 4) is 0 Å². The van der Waals surface area contributed by atoms with E-state index in [4.69, 9.17) is 5.21 Å². The highest BCUT2D eigenvalue weighted by atomic mass is 79.9. The summed E-state index contributed by atoms with van der Waals surface area (Å²) in [4.78, 5) is 1.11. The molecule has 0 bridgehead atoms. The van der Waals surface area contributed by atoms with E-state index in [0.717, 1.165) is 9.35 Å². The lowest BCUT2D eigenvalue weighted by Gasteiger charge is -1.92. The van der Waals surface area contributed by atoms with Gasteiger partial charge in [0.1, 0.15) is 0 Å². The van der Waals surface area contributed by atoms with E-state index in [2.05, 4.69) is 21.4 Å². The van der Waals surface area contributed by atoms with E-state index in [1.165, 1.54) is 0 Å². The summed E-state index contributed by atoms with van der Waals surface area (Å²) in [7, 11) is 0. The lowest BCUT2D eigenvalue weighted by Crippen LogP contribution is -2.04. The maximum Gasteiger partial charge on any atom is 0.0563 e. The first-order valence-electron chi connectivity index (χ1n) is 2.43. The minimum absolute atomic E-state index is 0.512. The van der Waals surface area contributed by atoms with Crippen molar-refractivity contribution in [3.63, 3.8) is 0 Å². The normalized spacial score (nSPS) is 10.0. The number of thiophene rings is 1. The van der Waals surface area contributed by atoms with Crippen LogP contribution in [0.25, 0.3) is 0 Å². The van der Waals surface area contributed by atoms with Crippen LogP contribution in [0.3, 0.4) is 0 Å². The third kappa shape index (κ3) is 1.76. The minimum Gasteiger partial charge on any atom is -0.316 e. The van der Waals surface area contributed by atoms with Crippen LogP contribution in [0.5, 0.6) is 0 Å². The lowest BCUT2D eigenvalue weighted by molar-refractivity contribution is 0.162. The predicted molar refractivity (Wildman–Crippen MR) is 40.6 cm³/mol. The molecule has 1 aromatic rings. The van der Waals surface area contributed by atoms with Gasteiger partial charge in [-0.1, -0.05) is 0 Å². The molecule has 1 aromatic heterocycles. The molecular weight excluding hydrogens is 202 g/mol. The Hall–Kier alpha value is 0.100. The average Bonchev–Trinajstić information content (AvgIpc) is 2.18. The first-order chi connectivity index (χ1) is 4.34. The molecule has 2 nitrogen and oxygen atoms in total. The minimum atomic E-state index is 0.512. The van der Waals surface area contributed by atoms with Gasteiger partial charge in [0.15, 0.2) is 0 Å². The maximum absolute atomic E-state index is 8.30. The smallest absolute Gasteiger partial charge is 0.0563 e. The van der Waals surface area contributed by atoms with Gasteiger partial charge in [-0.15, -0.1) is 11.3 Å². The zero-order valence-corrected chi connectivity index (χ0v) is 7.00. The lowest BCUT2D eigenvalue weighted by atomic mass is 10.5. The third-order valence-electron chi connectivity index (χ3n) is 0.931. The van der Waals surface area contributed by atoms with Crippen molar-refractivity contribution < 1.29 is 5.21 Å². The molecule has 0 aliphatic rings. The Morgan fingerprint density at radius 2 is 2.56 bits per heavy atom. The van der Waals surface area contributed by atoms with Crippen LogP contribution in [-0.4, -0.2) is 5.21 Å². The molecule has 0 aromatic carbocycles. The monoisotopic (exact) mass is 207 g/mol. The fourth-order valence-corrected chi connectivity index (χ4v) is 1.95. The quantitative estimate of drug-likeness (QED) is 0.728. The fraction of sp³-hybridized carbons (Fsp3) is 0.200. The molecule has 0 unspecified atom stereocenters. The molecule has 4 heteroatoms. The van der Waals surface area contributed by atoms with Crippen LogP contribution in [-0.2, 0) is 6.54 Å². The van der Waals surface area contributed by atoms with Crippen LogP contribution < -0.4 is 5.48 Å². The Kier molecular flexibility index (Phi) is 2.65. The van der Waals surface area contributed by atoms with Gasteiger partial charge in [-0.2, -0.15) is 0 Å². The van der Waals surface area contributed by atoms with Crippen LogP contribution in [0.4, 0.5) is 0 Å². The van der Waals surface area contributed by atoms with Gasteiger partial charge in [-0.3, -0.25) is 0 Å². The van der Waals surface area contributed by atoms with Crippen molar-refractivity contribution >= 4 is 27.3 Å². The van der Waals surface area contributed by atoms with Crippen molar-refractivity contribution in [2.75, 3.05) is 0 Å². The molecule has 0 saturated heterocycles. The zero-order valence-electron chi connectivity index (χ0n) is 4.60. The topological polar surface area (TPSA) is 32.3 Å². The Labute approximate surface area is 65.6 Å². The molecule has 0 fully saturated rings. The zero-order chi connectivity index (χ0) is 6.69.